The lowest BCUT2D eigenvalue weighted by atomic mass is 10.2. The molecule has 180 valence electrons. The van der Waals surface area contributed by atoms with E-state index in [-0.39, 0.29) is 11.4 Å². The first-order valence-corrected chi connectivity index (χ1v) is 12.3. The van der Waals surface area contributed by atoms with Gasteiger partial charge in [0.25, 0.3) is 5.56 Å². The van der Waals surface area contributed by atoms with Crippen LogP contribution in [0.5, 0.6) is 5.75 Å². The number of carboxylic acid groups (broad SMARTS) is 1. The molecule has 1 atom stereocenters. The summed E-state index contributed by atoms with van der Waals surface area (Å²) in [5.41, 5.74) is 1.48. The highest BCUT2D eigenvalue weighted by molar-refractivity contribution is 9.11. The minimum Gasteiger partial charge on any atom is -0.479 e. The molecule has 0 spiro atoms. The van der Waals surface area contributed by atoms with Crippen LogP contribution in [0.1, 0.15) is 12.5 Å². The van der Waals surface area contributed by atoms with Crippen LogP contribution in [0.2, 0.25) is 0 Å². The lowest BCUT2D eigenvalue weighted by Crippen LogP contribution is -2.23. The monoisotopic (exact) mass is 609 g/mol. The molecule has 1 N–H and O–H groups in total. The Morgan fingerprint density at radius 2 is 1.81 bits per heavy atom. The van der Waals surface area contributed by atoms with Crippen LogP contribution >= 0.6 is 31.9 Å². The number of benzene rings is 3. The summed E-state index contributed by atoms with van der Waals surface area (Å²) in [7, 11) is 0. The third-order valence-electron chi connectivity index (χ3n) is 5.38. The van der Waals surface area contributed by atoms with Crippen LogP contribution in [-0.2, 0) is 4.79 Å². The van der Waals surface area contributed by atoms with Crippen molar-refractivity contribution in [3.05, 3.63) is 91.6 Å². The van der Waals surface area contributed by atoms with E-state index >= 15 is 0 Å². The van der Waals surface area contributed by atoms with Gasteiger partial charge in [-0.15, -0.1) is 0 Å². The number of furan rings is 1. The van der Waals surface area contributed by atoms with Crippen molar-refractivity contribution in [3.8, 4) is 17.3 Å². The second-order valence-corrected chi connectivity index (χ2v) is 9.58. The Bertz CT molecular complexity index is 1670. The molecule has 36 heavy (non-hydrogen) atoms. The smallest absolute Gasteiger partial charge is 0.344 e. The summed E-state index contributed by atoms with van der Waals surface area (Å²) in [6, 6.07) is 19.8. The minimum absolute atomic E-state index is 0.263. The largest absolute Gasteiger partial charge is 0.479 e. The molecule has 0 aliphatic carbocycles. The number of hydrogen-bond donors (Lipinski definition) is 1. The third kappa shape index (κ3) is 4.57. The second kappa shape index (κ2) is 9.71. The number of halogens is 2. The van der Waals surface area contributed by atoms with Gasteiger partial charge in [0.05, 0.1) is 26.1 Å². The van der Waals surface area contributed by atoms with Crippen LogP contribution in [0, 0.1) is 0 Å². The van der Waals surface area contributed by atoms with E-state index in [1.165, 1.54) is 17.8 Å². The maximum atomic E-state index is 13.4. The van der Waals surface area contributed by atoms with E-state index in [1.54, 1.807) is 30.3 Å². The average Bonchev–Trinajstić information content (AvgIpc) is 3.29. The molecule has 0 radical (unpaired) electrons. The van der Waals surface area contributed by atoms with Gasteiger partial charge in [-0.3, -0.25) is 4.79 Å². The second-order valence-electron chi connectivity index (χ2n) is 7.87. The first kappa shape index (κ1) is 24.0. The Kier molecular flexibility index (Phi) is 6.46. The zero-order valence-electron chi connectivity index (χ0n) is 18.7. The molecule has 3 aromatic carbocycles. The predicted molar refractivity (Wildman–Crippen MR) is 144 cm³/mol. The average molecular weight is 611 g/mol. The topological polar surface area (TPSA) is 107 Å². The van der Waals surface area contributed by atoms with Crippen molar-refractivity contribution in [1.82, 2.24) is 9.66 Å². The van der Waals surface area contributed by atoms with Crippen molar-refractivity contribution >= 4 is 65.9 Å². The molecular weight excluding hydrogens is 594 g/mol. The number of rotatable bonds is 6. The van der Waals surface area contributed by atoms with Gasteiger partial charge in [0.2, 0.25) is 5.82 Å². The third-order valence-corrected chi connectivity index (χ3v) is 6.56. The van der Waals surface area contributed by atoms with Gasteiger partial charge >= 0.3 is 5.97 Å². The summed E-state index contributed by atoms with van der Waals surface area (Å²) in [5.74, 6) is -0.0697. The molecule has 0 aliphatic rings. The number of para-hydroxylation sites is 2. The number of carbonyl (C=O) groups is 1. The van der Waals surface area contributed by atoms with Crippen LogP contribution in [0.15, 0.2) is 90.0 Å². The number of carboxylic acids is 1. The van der Waals surface area contributed by atoms with Gasteiger partial charge < -0.3 is 14.3 Å². The van der Waals surface area contributed by atoms with Gasteiger partial charge in [-0.1, -0.05) is 30.3 Å². The maximum Gasteiger partial charge on any atom is 0.344 e. The van der Waals surface area contributed by atoms with Crippen molar-refractivity contribution in [3.63, 3.8) is 0 Å². The van der Waals surface area contributed by atoms with Crippen molar-refractivity contribution in [2.45, 2.75) is 13.0 Å². The van der Waals surface area contributed by atoms with Gasteiger partial charge in [0.15, 0.2) is 11.9 Å². The Labute approximate surface area is 221 Å². The first-order chi connectivity index (χ1) is 17.3. The molecule has 0 fully saturated rings. The number of fused-ring (bicyclic) bond motifs is 2. The van der Waals surface area contributed by atoms with Crippen LogP contribution < -0.4 is 10.3 Å². The van der Waals surface area contributed by atoms with E-state index in [4.69, 9.17) is 14.3 Å². The van der Waals surface area contributed by atoms with Gasteiger partial charge in [-0.25, -0.2) is 9.78 Å². The molecular formula is C26H17Br2N3O5. The Hall–Kier alpha value is -3.76. The summed E-state index contributed by atoms with van der Waals surface area (Å²) >= 11 is 6.83. The fraction of sp³-hybridized carbons (Fsp3) is 0.0769. The van der Waals surface area contributed by atoms with Gasteiger partial charge in [-0.2, -0.15) is 9.78 Å². The zero-order chi connectivity index (χ0) is 25.4. The molecule has 0 aliphatic heterocycles. The van der Waals surface area contributed by atoms with Crippen LogP contribution in [0.25, 0.3) is 33.5 Å². The summed E-state index contributed by atoms with van der Waals surface area (Å²) in [6.45, 7) is 1.44. The van der Waals surface area contributed by atoms with Crippen molar-refractivity contribution in [2.24, 2.45) is 5.10 Å². The van der Waals surface area contributed by atoms with Crippen LogP contribution in [-0.4, -0.2) is 33.1 Å². The first-order valence-electron chi connectivity index (χ1n) is 10.8. The molecule has 10 heteroatoms. The number of ether oxygens (including phenoxy) is 1. The summed E-state index contributed by atoms with van der Waals surface area (Å²) in [4.78, 5) is 29.2. The number of aromatic nitrogens is 2. The Morgan fingerprint density at radius 1 is 1.11 bits per heavy atom. The number of nitrogens with zero attached hydrogens (tertiary/aromatic N) is 3. The standard InChI is InChI=1S/C26H17Br2N3O5/c1-14(26(33)34)35-23-18(27)10-15(11-19(23)28)13-29-31-24(22-12-16-6-2-5-9-21(16)36-22)30-20-8-4-3-7-17(20)25(31)32/h2-14H,1H3,(H,33,34)/t14-/m0/s1. The molecule has 0 unspecified atom stereocenters. The normalized spacial score (nSPS) is 12.4. The highest BCUT2D eigenvalue weighted by atomic mass is 79.9. The highest BCUT2D eigenvalue weighted by Crippen LogP contribution is 2.35. The van der Waals surface area contributed by atoms with E-state index in [0.717, 1.165) is 5.39 Å². The number of aliphatic carboxylic acids is 1. The van der Waals surface area contributed by atoms with Crippen molar-refractivity contribution in [1.29, 1.82) is 0 Å². The van der Waals surface area contributed by atoms with E-state index in [9.17, 15) is 9.59 Å². The molecule has 2 aromatic heterocycles. The predicted octanol–water partition coefficient (Wildman–Crippen LogP) is 6.07. The van der Waals surface area contributed by atoms with E-state index in [2.05, 4.69) is 41.9 Å². The maximum absolute atomic E-state index is 13.4. The highest BCUT2D eigenvalue weighted by Gasteiger charge is 2.18. The molecule has 5 rings (SSSR count). The molecule has 2 heterocycles. The molecule has 0 saturated carbocycles. The Balaban J connectivity index is 1.61. The summed E-state index contributed by atoms with van der Waals surface area (Å²) in [5, 5.41) is 14.9. The van der Waals surface area contributed by atoms with E-state index in [1.807, 2.05) is 36.4 Å². The van der Waals surface area contributed by atoms with Gasteiger partial charge in [0.1, 0.15) is 11.3 Å². The van der Waals surface area contributed by atoms with Crippen LogP contribution in [0.3, 0.4) is 0 Å². The fourth-order valence-electron chi connectivity index (χ4n) is 3.60. The number of hydrogen-bond acceptors (Lipinski definition) is 6. The molecule has 0 amide bonds. The Morgan fingerprint density at radius 3 is 2.53 bits per heavy atom. The SMILES string of the molecule is C[C@H](Oc1c(Br)cc(C=Nn2c(-c3cc4ccccc4o3)nc3ccccc3c2=O)cc1Br)C(=O)O. The molecule has 8 nitrogen and oxygen atoms in total. The fourth-order valence-corrected chi connectivity index (χ4v) is 5.01. The molecule has 0 bridgehead atoms. The van der Waals surface area contributed by atoms with Crippen molar-refractivity contribution in [2.75, 3.05) is 0 Å². The van der Waals surface area contributed by atoms with Gasteiger partial charge in [-0.05, 0) is 80.7 Å². The molecule has 5 aromatic rings. The summed E-state index contributed by atoms with van der Waals surface area (Å²) in [6.07, 6.45) is 0.468. The van der Waals surface area contributed by atoms with E-state index in [0.29, 0.717) is 42.5 Å². The summed E-state index contributed by atoms with van der Waals surface area (Å²) < 4.78 is 13.7. The van der Waals surface area contributed by atoms with Crippen LogP contribution in [0.4, 0.5) is 0 Å². The van der Waals surface area contributed by atoms with Crippen molar-refractivity contribution < 1.29 is 19.1 Å². The lowest BCUT2D eigenvalue weighted by Gasteiger charge is -2.14. The molecule has 0 saturated heterocycles. The quantitative estimate of drug-likeness (QED) is 0.234. The van der Waals surface area contributed by atoms with Gasteiger partial charge in [0, 0.05) is 5.39 Å². The minimum atomic E-state index is -1.08. The van der Waals surface area contributed by atoms with E-state index < -0.39 is 12.1 Å². The zero-order valence-corrected chi connectivity index (χ0v) is 21.9. The lowest BCUT2D eigenvalue weighted by molar-refractivity contribution is -0.144.